The van der Waals surface area contributed by atoms with E-state index >= 15 is 0 Å². The van der Waals surface area contributed by atoms with E-state index in [2.05, 4.69) is 217 Å². The molecule has 0 unspecified atom stereocenters. The smallest absolute Gasteiger partial charge is 0.0714 e. The van der Waals surface area contributed by atoms with Crippen molar-refractivity contribution in [1.82, 2.24) is 0 Å². The highest BCUT2D eigenvalue weighted by Gasteiger charge is 2.46. The van der Waals surface area contributed by atoms with Crippen LogP contribution in [0.15, 0.2) is 212 Å². The van der Waals surface area contributed by atoms with Gasteiger partial charge in [0.15, 0.2) is 0 Å². The van der Waals surface area contributed by atoms with Crippen LogP contribution in [0.1, 0.15) is 22.3 Å². The molecule has 0 N–H and O–H groups in total. The zero-order valence-electron chi connectivity index (χ0n) is 27.7. The predicted octanol–water partition coefficient (Wildman–Crippen LogP) is 12.9. The van der Waals surface area contributed by atoms with Crippen LogP contribution in [0, 0.1) is 0 Å². The van der Waals surface area contributed by atoms with Crippen molar-refractivity contribution in [2.45, 2.75) is 5.41 Å². The Morgan fingerprint density at radius 2 is 0.740 bits per heavy atom. The number of hydrogen-bond acceptors (Lipinski definition) is 1. The zero-order valence-corrected chi connectivity index (χ0v) is 27.7. The van der Waals surface area contributed by atoms with E-state index in [4.69, 9.17) is 0 Å². The highest BCUT2D eigenvalue weighted by atomic mass is 15.1. The Kier molecular flexibility index (Phi) is 7.44. The van der Waals surface area contributed by atoms with Gasteiger partial charge in [0, 0.05) is 22.5 Å². The summed E-state index contributed by atoms with van der Waals surface area (Å²) in [6.07, 6.45) is 0. The summed E-state index contributed by atoms with van der Waals surface area (Å²) in [5.74, 6) is 0. The second kappa shape index (κ2) is 12.5. The largest absolute Gasteiger partial charge is 0.309 e. The molecule has 0 atom stereocenters. The molecule has 0 amide bonds. The SMILES string of the molecule is c1ccc(-c2cccc(-c3ccccc3)c2N(c2ccccc2)c2ccc3c(c2)C(c2ccccc2)(c2ccccc2)c2ccccc2-3)cc1. The molecule has 1 aliphatic rings. The minimum Gasteiger partial charge on any atom is -0.309 e. The molecule has 1 aliphatic carbocycles. The molecular formula is C49H35N. The van der Waals surface area contributed by atoms with Crippen LogP contribution in [0.5, 0.6) is 0 Å². The van der Waals surface area contributed by atoms with E-state index in [0.29, 0.717) is 0 Å². The van der Waals surface area contributed by atoms with Crippen LogP contribution in [0.25, 0.3) is 33.4 Å². The first kappa shape index (κ1) is 29.7. The minimum absolute atomic E-state index is 0.492. The Labute approximate surface area is 294 Å². The highest BCUT2D eigenvalue weighted by molar-refractivity contribution is 5.98. The molecule has 8 aromatic rings. The van der Waals surface area contributed by atoms with Crippen LogP contribution >= 0.6 is 0 Å². The van der Waals surface area contributed by atoms with Gasteiger partial charge in [0.1, 0.15) is 0 Å². The van der Waals surface area contributed by atoms with Crippen molar-refractivity contribution < 1.29 is 0 Å². The van der Waals surface area contributed by atoms with Gasteiger partial charge in [-0.3, -0.25) is 0 Å². The monoisotopic (exact) mass is 637 g/mol. The molecule has 9 rings (SSSR count). The van der Waals surface area contributed by atoms with Gasteiger partial charge in [-0.1, -0.05) is 188 Å². The number of rotatable bonds is 7. The average Bonchev–Trinajstić information content (AvgIpc) is 3.50. The van der Waals surface area contributed by atoms with Crippen molar-refractivity contribution in [2.75, 3.05) is 4.90 Å². The summed E-state index contributed by atoms with van der Waals surface area (Å²) in [7, 11) is 0. The maximum absolute atomic E-state index is 2.47. The Morgan fingerprint density at radius 3 is 1.30 bits per heavy atom. The molecule has 0 aromatic heterocycles. The Morgan fingerprint density at radius 1 is 0.300 bits per heavy atom. The second-order valence-corrected chi connectivity index (χ2v) is 12.9. The van der Waals surface area contributed by atoms with Gasteiger partial charge in [0.2, 0.25) is 0 Å². The van der Waals surface area contributed by atoms with E-state index in [1.54, 1.807) is 0 Å². The highest BCUT2D eigenvalue weighted by Crippen LogP contribution is 2.57. The van der Waals surface area contributed by atoms with Crippen molar-refractivity contribution >= 4 is 17.1 Å². The van der Waals surface area contributed by atoms with E-state index in [0.717, 1.165) is 17.1 Å². The lowest BCUT2D eigenvalue weighted by molar-refractivity contribution is 0.768. The first-order valence-electron chi connectivity index (χ1n) is 17.3. The third-order valence-electron chi connectivity index (χ3n) is 10.1. The molecule has 0 radical (unpaired) electrons. The van der Waals surface area contributed by atoms with E-state index in [1.165, 1.54) is 55.6 Å². The number of para-hydroxylation sites is 2. The van der Waals surface area contributed by atoms with Crippen LogP contribution in [-0.2, 0) is 5.41 Å². The standard InChI is InChI=1S/C49H35N/c1-6-19-36(20-7-1)42-30-18-31-43(37-21-8-2-9-22-37)48(42)50(40-27-14-5-15-28-40)41-33-34-45-44-29-16-17-32-46(44)49(47(45)35-41,38-23-10-3-11-24-38)39-25-12-4-13-26-39/h1-35H. The van der Waals surface area contributed by atoms with Crippen LogP contribution in [0.3, 0.4) is 0 Å². The molecule has 0 saturated heterocycles. The van der Waals surface area contributed by atoms with Gasteiger partial charge in [0.05, 0.1) is 11.1 Å². The predicted molar refractivity (Wildman–Crippen MR) is 209 cm³/mol. The lowest BCUT2D eigenvalue weighted by Gasteiger charge is -2.35. The molecule has 50 heavy (non-hydrogen) atoms. The fourth-order valence-corrected chi connectivity index (χ4v) is 8.04. The number of nitrogens with zero attached hydrogens (tertiary/aromatic N) is 1. The zero-order chi connectivity index (χ0) is 33.3. The molecule has 0 aliphatic heterocycles. The number of anilines is 3. The maximum atomic E-state index is 2.47. The molecule has 0 spiro atoms. The van der Waals surface area contributed by atoms with Crippen molar-refractivity contribution in [3.63, 3.8) is 0 Å². The third kappa shape index (κ3) is 4.78. The first-order chi connectivity index (χ1) is 24.8. The van der Waals surface area contributed by atoms with Crippen LogP contribution in [-0.4, -0.2) is 0 Å². The fourth-order valence-electron chi connectivity index (χ4n) is 8.04. The van der Waals surface area contributed by atoms with Gasteiger partial charge in [0.25, 0.3) is 0 Å². The summed E-state index contributed by atoms with van der Waals surface area (Å²) in [6, 6.07) is 77.2. The molecule has 8 aromatic carbocycles. The van der Waals surface area contributed by atoms with Crippen LogP contribution in [0.2, 0.25) is 0 Å². The first-order valence-corrected chi connectivity index (χ1v) is 17.3. The van der Waals surface area contributed by atoms with Crippen molar-refractivity contribution in [3.05, 3.63) is 235 Å². The summed E-state index contributed by atoms with van der Waals surface area (Å²) in [5.41, 5.74) is 15.2. The number of hydrogen-bond donors (Lipinski definition) is 0. The quantitative estimate of drug-likeness (QED) is 0.168. The van der Waals surface area contributed by atoms with Gasteiger partial charge in [-0.05, 0) is 68.8 Å². The molecule has 1 nitrogen and oxygen atoms in total. The summed E-state index contributed by atoms with van der Waals surface area (Å²) in [4.78, 5) is 2.47. The molecule has 236 valence electrons. The molecule has 0 heterocycles. The van der Waals surface area contributed by atoms with Gasteiger partial charge in [-0.25, -0.2) is 0 Å². The van der Waals surface area contributed by atoms with Gasteiger partial charge >= 0.3 is 0 Å². The van der Waals surface area contributed by atoms with Crippen molar-refractivity contribution in [3.8, 4) is 33.4 Å². The normalized spacial score (nSPS) is 12.6. The van der Waals surface area contributed by atoms with Gasteiger partial charge < -0.3 is 4.90 Å². The number of benzene rings is 8. The maximum Gasteiger partial charge on any atom is 0.0714 e. The average molecular weight is 638 g/mol. The van der Waals surface area contributed by atoms with E-state index in [-0.39, 0.29) is 0 Å². The summed E-state index contributed by atoms with van der Waals surface area (Å²) in [5, 5.41) is 0. The summed E-state index contributed by atoms with van der Waals surface area (Å²) in [6.45, 7) is 0. The molecular weight excluding hydrogens is 603 g/mol. The lowest BCUT2D eigenvalue weighted by Crippen LogP contribution is -2.28. The van der Waals surface area contributed by atoms with Crippen LogP contribution in [0.4, 0.5) is 17.1 Å². The van der Waals surface area contributed by atoms with Crippen molar-refractivity contribution in [2.24, 2.45) is 0 Å². The summed E-state index contributed by atoms with van der Waals surface area (Å²) < 4.78 is 0. The molecule has 0 fully saturated rings. The summed E-state index contributed by atoms with van der Waals surface area (Å²) >= 11 is 0. The van der Waals surface area contributed by atoms with E-state index < -0.39 is 5.41 Å². The van der Waals surface area contributed by atoms with Crippen molar-refractivity contribution in [1.29, 1.82) is 0 Å². The van der Waals surface area contributed by atoms with Gasteiger partial charge in [-0.2, -0.15) is 0 Å². The molecule has 0 saturated carbocycles. The Hall–Kier alpha value is -6.44. The molecule has 0 bridgehead atoms. The van der Waals surface area contributed by atoms with Crippen LogP contribution < -0.4 is 4.90 Å². The number of fused-ring (bicyclic) bond motifs is 3. The van der Waals surface area contributed by atoms with E-state index in [1.807, 2.05) is 0 Å². The van der Waals surface area contributed by atoms with Gasteiger partial charge in [-0.15, -0.1) is 0 Å². The topological polar surface area (TPSA) is 3.24 Å². The Balaban J connectivity index is 1.38. The Bertz CT molecular complexity index is 2300. The third-order valence-corrected chi connectivity index (χ3v) is 10.1. The van der Waals surface area contributed by atoms with E-state index in [9.17, 15) is 0 Å². The minimum atomic E-state index is -0.492. The lowest BCUT2D eigenvalue weighted by atomic mass is 9.67. The second-order valence-electron chi connectivity index (χ2n) is 12.9. The molecule has 1 heteroatoms. The fraction of sp³-hybridized carbons (Fsp3) is 0.0204.